The number of nitrogens with one attached hydrogen (secondary N) is 3. The lowest BCUT2D eigenvalue weighted by Crippen LogP contribution is -2.30. The third-order valence-corrected chi connectivity index (χ3v) is 4.32. The normalized spacial score (nSPS) is 10.3. The molecule has 0 saturated heterocycles. The van der Waals surface area contributed by atoms with Gasteiger partial charge in [-0.15, -0.1) is 0 Å². The number of aromatic nitrogens is 2. The molecular weight excluding hydrogens is 481 g/mol. The molecule has 1 amide bonds. The molecule has 158 valence electrons. The first kappa shape index (κ1) is 21.5. The second kappa shape index (κ2) is 9.08. The quantitative estimate of drug-likeness (QED) is 0.329. The van der Waals surface area contributed by atoms with E-state index in [1.807, 2.05) is 0 Å². The molecular formula is C17H11BrFN7O5. The Labute approximate surface area is 180 Å². The van der Waals surface area contributed by atoms with Crippen LogP contribution >= 0.6 is 15.9 Å². The van der Waals surface area contributed by atoms with E-state index < -0.39 is 38.8 Å². The lowest BCUT2D eigenvalue weighted by atomic mass is 10.2. The monoisotopic (exact) mass is 491 g/mol. The average Bonchev–Trinajstić information content (AvgIpc) is 2.73. The number of carbonyl (C=O) groups is 1. The highest BCUT2D eigenvalue weighted by atomic mass is 79.9. The molecule has 31 heavy (non-hydrogen) atoms. The molecule has 0 spiro atoms. The summed E-state index contributed by atoms with van der Waals surface area (Å²) in [5, 5.41) is 25.1. The maximum absolute atomic E-state index is 14.1. The molecule has 1 aromatic heterocycles. The van der Waals surface area contributed by atoms with Crippen LogP contribution in [0.4, 0.5) is 33.1 Å². The van der Waals surface area contributed by atoms with E-state index in [2.05, 4.69) is 42.1 Å². The van der Waals surface area contributed by atoms with Crippen LogP contribution < -0.4 is 16.2 Å². The number of hydrazine groups is 1. The third-order valence-electron chi connectivity index (χ3n) is 3.83. The van der Waals surface area contributed by atoms with E-state index in [1.165, 1.54) is 30.3 Å². The van der Waals surface area contributed by atoms with E-state index in [1.54, 1.807) is 0 Å². The van der Waals surface area contributed by atoms with Gasteiger partial charge < -0.3 is 5.32 Å². The standard InChI is InChI=1S/C17H11BrFN7O5/c18-9-5-6-12(11(19)7-9)22-15-14(26(30)31)16(21-8-20-15)23-24-17(27)10-3-1-2-4-13(10)25(28)29/h1-8H,(H,24,27)(H2,20,21,22,23). The van der Waals surface area contributed by atoms with E-state index in [0.29, 0.717) is 4.47 Å². The van der Waals surface area contributed by atoms with Crippen molar-refractivity contribution in [2.75, 3.05) is 10.7 Å². The van der Waals surface area contributed by atoms with E-state index in [9.17, 15) is 29.4 Å². The first-order chi connectivity index (χ1) is 14.8. The summed E-state index contributed by atoms with van der Waals surface area (Å²) in [6.45, 7) is 0. The first-order valence-electron chi connectivity index (χ1n) is 8.29. The number of benzene rings is 2. The number of nitrogens with zero attached hydrogens (tertiary/aromatic N) is 4. The number of nitro benzene ring substituents is 1. The Bertz CT molecular complexity index is 1190. The summed E-state index contributed by atoms with van der Waals surface area (Å²) >= 11 is 3.10. The van der Waals surface area contributed by atoms with Crippen molar-refractivity contribution in [3.8, 4) is 0 Å². The number of halogens is 2. The van der Waals surface area contributed by atoms with Gasteiger partial charge in [-0.2, -0.15) is 0 Å². The van der Waals surface area contributed by atoms with Gasteiger partial charge >= 0.3 is 5.69 Å². The Morgan fingerprint density at radius 2 is 1.74 bits per heavy atom. The van der Waals surface area contributed by atoms with Crippen LogP contribution in [-0.2, 0) is 0 Å². The van der Waals surface area contributed by atoms with E-state index in [0.717, 1.165) is 18.5 Å². The fourth-order valence-corrected chi connectivity index (χ4v) is 2.79. The number of hydrogen-bond acceptors (Lipinski definition) is 9. The summed E-state index contributed by atoms with van der Waals surface area (Å²) in [6, 6.07) is 9.17. The van der Waals surface area contributed by atoms with Gasteiger partial charge in [0, 0.05) is 10.5 Å². The van der Waals surface area contributed by atoms with E-state index in [-0.39, 0.29) is 17.1 Å². The summed E-state index contributed by atoms with van der Waals surface area (Å²) in [5.41, 5.74) is 2.88. The molecule has 14 heteroatoms. The Hall–Kier alpha value is -4.20. The SMILES string of the molecule is O=C(NNc1ncnc(Nc2ccc(Br)cc2F)c1[N+](=O)[O-])c1ccccc1[N+](=O)[O-]. The zero-order chi connectivity index (χ0) is 22.5. The number of hydrogen-bond donors (Lipinski definition) is 3. The lowest BCUT2D eigenvalue weighted by molar-refractivity contribution is -0.385. The average molecular weight is 492 g/mol. The molecule has 0 radical (unpaired) electrons. The smallest absolute Gasteiger partial charge is 0.332 e. The molecule has 0 aliphatic rings. The number of anilines is 3. The van der Waals surface area contributed by atoms with Crippen molar-refractivity contribution in [2.45, 2.75) is 0 Å². The van der Waals surface area contributed by atoms with Gasteiger partial charge in [-0.25, -0.2) is 14.4 Å². The maximum Gasteiger partial charge on any atom is 0.355 e. The van der Waals surface area contributed by atoms with Crippen LogP contribution in [-0.4, -0.2) is 25.7 Å². The van der Waals surface area contributed by atoms with Crippen LogP contribution in [0.25, 0.3) is 0 Å². The molecule has 0 saturated carbocycles. The van der Waals surface area contributed by atoms with Crippen LogP contribution in [0.2, 0.25) is 0 Å². The second-order valence-electron chi connectivity index (χ2n) is 5.78. The minimum Gasteiger partial charge on any atom is -0.332 e. The van der Waals surface area contributed by atoms with Gasteiger partial charge in [-0.3, -0.25) is 35.9 Å². The van der Waals surface area contributed by atoms with Crippen molar-refractivity contribution in [1.82, 2.24) is 15.4 Å². The molecule has 3 aromatic rings. The molecule has 12 nitrogen and oxygen atoms in total. The minimum absolute atomic E-state index is 0.0834. The topological polar surface area (TPSA) is 165 Å². The minimum atomic E-state index is -0.923. The van der Waals surface area contributed by atoms with Crippen molar-refractivity contribution >= 4 is 50.5 Å². The summed E-state index contributed by atoms with van der Waals surface area (Å²) < 4.78 is 14.5. The molecule has 0 fully saturated rings. The third kappa shape index (κ3) is 4.87. The number of amides is 1. The summed E-state index contributed by atoms with van der Waals surface area (Å²) in [7, 11) is 0. The molecule has 0 bridgehead atoms. The number of para-hydroxylation sites is 1. The molecule has 0 atom stereocenters. The fraction of sp³-hybridized carbons (Fsp3) is 0. The van der Waals surface area contributed by atoms with Gasteiger partial charge in [0.2, 0.25) is 11.6 Å². The summed E-state index contributed by atoms with van der Waals surface area (Å²) in [6.07, 6.45) is 0.950. The highest BCUT2D eigenvalue weighted by Gasteiger charge is 2.25. The zero-order valence-electron chi connectivity index (χ0n) is 15.2. The Morgan fingerprint density at radius 1 is 1.03 bits per heavy atom. The lowest BCUT2D eigenvalue weighted by Gasteiger charge is -2.11. The van der Waals surface area contributed by atoms with Crippen LogP contribution in [0.1, 0.15) is 10.4 Å². The van der Waals surface area contributed by atoms with Gasteiger partial charge in [0.05, 0.1) is 15.5 Å². The predicted molar refractivity (Wildman–Crippen MR) is 110 cm³/mol. The molecule has 2 aromatic carbocycles. The van der Waals surface area contributed by atoms with Gasteiger partial charge in [0.25, 0.3) is 11.6 Å². The van der Waals surface area contributed by atoms with Crippen LogP contribution in [0.5, 0.6) is 0 Å². The number of nitro groups is 2. The maximum atomic E-state index is 14.1. The molecule has 0 aliphatic carbocycles. The summed E-state index contributed by atoms with van der Waals surface area (Å²) in [4.78, 5) is 40.8. The van der Waals surface area contributed by atoms with Gasteiger partial charge in [0.1, 0.15) is 17.7 Å². The van der Waals surface area contributed by atoms with Crippen molar-refractivity contribution in [3.63, 3.8) is 0 Å². The van der Waals surface area contributed by atoms with E-state index in [4.69, 9.17) is 0 Å². The van der Waals surface area contributed by atoms with Crippen molar-refractivity contribution in [3.05, 3.63) is 84.9 Å². The predicted octanol–water partition coefficient (Wildman–Crippen LogP) is 3.70. The molecule has 3 N–H and O–H groups in total. The van der Waals surface area contributed by atoms with Crippen molar-refractivity contribution in [2.24, 2.45) is 0 Å². The largest absolute Gasteiger partial charge is 0.355 e. The molecule has 3 rings (SSSR count). The highest BCUT2D eigenvalue weighted by molar-refractivity contribution is 9.10. The van der Waals surface area contributed by atoms with Crippen LogP contribution in [0.3, 0.4) is 0 Å². The summed E-state index contributed by atoms with van der Waals surface area (Å²) in [5.74, 6) is -2.38. The van der Waals surface area contributed by atoms with E-state index >= 15 is 0 Å². The highest BCUT2D eigenvalue weighted by Crippen LogP contribution is 2.32. The van der Waals surface area contributed by atoms with Gasteiger partial charge in [-0.1, -0.05) is 28.1 Å². The van der Waals surface area contributed by atoms with Crippen molar-refractivity contribution < 1.29 is 19.0 Å². The van der Waals surface area contributed by atoms with Crippen LogP contribution in [0, 0.1) is 26.0 Å². The molecule has 0 aliphatic heterocycles. The first-order valence-corrected chi connectivity index (χ1v) is 9.08. The molecule has 1 heterocycles. The number of rotatable bonds is 7. The molecule has 0 unspecified atom stereocenters. The fourth-order valence-electron chi connectivity index (χ4n) is 2.46. The van der Waals surface area contributed by atoms with Gasteiger partial charge in [-0.05, 0) is 24.3 Å². The number of carbonyl (C=O) groups excluding carboxylic acids is 1. The Kier molecular flexibility index (Phi) is 6.30. The van der Waals surface area contributed by atoms with Crippen molar-refractivity contribution in [1.29, 1.82) is 0 Å². The van der Waals surface area contributed by atoms with Crippen LogP contribution in [0.15, 0.2) is 53.3 Å². The Morgan fingerprint density at radius 3 is 2.42 bits per heavy atom. The second-order valence-corrected chi connectivity index (χ2v) is 6.69. The zero-order valence-corrected chi connectivity index (χ0v) is 16.8. The Balaban J connectivity index is 1.87. The van der Waals surface area contributed by atoms with Gasteiger partial charge in [0.15, 0.2) is 0 Å².